The molecule has 1 aromatic heterocycles. The number of hydrogen-bond donors (Lipinski definition) is 1. The van der Waals surface area contributed by atoms with Crippen molar-refractivity contribution in [2.75, 3.05) is 0 Å². The van der Waals surface area contributed by atoms with Gasteiger partial charge in [0.1, 0.15) is 0 Å². The summed E-state index contributed by atoms with van der Waals surface area (Å²) < 4.78 is 0. The molecule has 0 aliphatic carbocycles. The number of benzene rings is 1. The Morgan fingerprint density at radius 2 is 2.00 bits per heavy atom. The maximum atomic E-state index is 12.3. The molecular weight excluding hydrogens is 210 g/mol. The molecular formula is C15H19NO. The van der Waals surface area contributed by atoms with Crippen LogP contribution in [0.15, 0.2) is 23.0 Å². The molecule has 2 aromatic rings. The molecule has 0 saturated heterocycles. The summed E-state index contributed by atoms with van der Waals surface area (Å²) in [4.78, 5) is 15.7. The Hall–Kier alpha value is -1.57. The molecule has 0 fully saturated rings. The van der Waals surface area contributed by atoms with E-state index in [1.165, 1.54) is 5.56 Å². The first kappa shape index (κ1) is 11.9. The third-order valence-electron chi connectivity index (χ3n) is 3.36. The Bertz CT molecular complexity index is 608. The van der Waals surface area contributed by atoms with Crippen LogP contribution in [-0.2, 0) is 6.42 Å². The fourth-order valence-corrected chi connectivity index (χ4v) is 2.25. The van der Waals surface area contributed by atoms with E-state index >= 15 is 0 Å². The highest BCUT2D eigenvalue weighted by Gasteiger charge is 2.09. The van der Waals surface area contributed by atoms with Crippen molar-refractivity contribution in [3.63, 3.8) is 0 Å². The maximum absolute atomic E-state index is 12.3. The van der Waals surface area contributed by atoms with Crippen LogP contribution in [0.4, 0.5) is 0 Å². The molecule has 1 aromatic carbocycles. The molecule has 90 valence electrons. The third kappa shape index (κ3) is 1.99. The van der Waals surface area contributed by atoms with Crippen LogP contribution in [0.5, 0.6) is 0 Å². The van der Waals surface area contributed by atoms with E-state index < -0.39 is 0 Å². The molecule has 0 radical (unpaired) electrons. The van der Waals surface area contributed by atoms with Gasteiger partial charge in [-0.15, -0.1) is 0 Å². The lowest BCUT2D eigenvalue weighted by atomic mass is 9.99. The van der Waals surface area contributed by atoms with Crippen LogP contribution in [0.3, 0.4) is 0 Å². The average Bonchev–Trinajstić information content (AvgIpc) is 2.29. The number of H-pyrrole nitrogens is 1. The fourth-order valence-electron chi connectivity index (χ4n) is 2.25. The van der Waals surface area contributed by atoms with Gasteiger partial charge in [0.25, 0.3) is 0 Å². The van der Waals surface area contributed by atoms with Gasteiger partial charge in [0, 0.05) is 22.2 Å². The van der Waals surface area contributed by atoms with E-state index in [0.29, 0.717) is 5.92 Å². The fraction of sp³-hybridized carbons (Fsp3) is 0.400. The minimum absolute atomic E-state index is 0.182. The minimum Gasteiger partial charge on any atom is -0.358 e. The van der Waals surface area contributed by atoms with Gasteiger partial charge in [0.05, 0.1) is 0 Å². The molecule has 2 heteroatoms. The molecule has 2 rings (SSSR count). The number of rotatable bonds is 2. The average molecular weight is 229 g/mol. The standard InChI is InChI=1S/C15H19NO/c1-5-12-10(4)16-14-7-6-11(9(2)3)8-13(14)15(12)17/h6-9H,5H2,1-4H3,(H,16,17). The summed E-state index contributed by atoms with van der Waals surface area (Å²) in [5, 5.41) is 0.818. The van der Waals surface area contributed by atoms with Gasteiger partial charge < -0.3 is 4.98 Å². The Morgan fingerprint density at radius 1 is 1.29 bits per heavy atom. The van der Waals surface area contributed by atoms with Crippen molar-refractivity contribution < 1.29 is 0 Å². The summed E-state index contributed by atoms with van der Waals surface area (Å²) in [6.45, 7) is 8.28. The first-order valence-electron chi connectivity index (χ1n) is 6.20. The molecule has 0 spiro atoms. The molecule has 0 saturated carbocycles. The molecule has 0 unspecified atom stereocenters. The van der Waals surface area contributed by atoms with Crippen molar-refractivity contribution in [1.29, 1.82) is 0 Å². The van der Waals surface area contributed by atoms with Crippen LogP contribution >= 0.6 is 0 Å². The molecule has 1 heterocycles. The highest BCUT2D eigenvalue weighted by Crippen LogP contribution is 2.19. The number of hydrogen-bond acceptors (Lipinski definition) is 1. The second kappa shape index (κ2) is 4.36. The Morgan fingerprint density at radius 3 is 2.59 bits per heavy atom. The van der Waals surface area contributed by atoms with Crippen molar-refractivity contribution in [2.45, 2.75) is 40.0 Å². The molecule has 0 amide bonds. The van der Waals surface area contributed by atoms with Gasteiger partial charge in [-0.1, -0.05) is 26.8 Å². The lowest BCUT2D eigenvalue weighted by Crippen LogP contribution is -2.12. The second-order valence-electron chi connectivity index (χ2n) is 4.87. The second-order valence-corrected chi connectivity index (χ2v) is 4.87. The number of aryl methyl sites for hydroxylation is 1. The van der Waals surface area contributed by atoms with Gasteiger partial charge in [0.15, 0.2) is 5.43 Å². The summed E-state index contributed by atoms with van der Waals surface area (Å²) in [7, 11) is 0. The summed E-state index contributed by atoms with van der Waals surface area (Å²) in [5.41, 5.74) is 4.23. The van der Waals surface area contributed by atoms with E-state index in [0.717, 1.165) is 28.6 Å². The third-order valence-corrected chi connectivity index (χ3v) is 3.36. The van der Waals surface area contributed by atoms with Gasteiger partial charge in [-0.3, -0.25) is 4.79 Å². The molecule has 2 nitrogen and oxygen atoms in total. The Labute approximate surface area is 102 Å². The van der Waals surface area contributed by atoms with Crippen molar-refractivity contribution in [1.82, 2.24) is 4.98 Å². The number of pyridine rings is 1. The zero-order chi connectivity index (χ0) is 12.6. The van der Waals surface area contributed by atoms with Gasteiger partial charge in [-0.05, 0) is 37.0 Å². The molecule has 17 heavy (non-hydrogen) atoms. The first-order valence-corrected chi connectivity index (χ1v) is 6.20. The van der Waals surface area contributed by atoms with Gasteiger partial charge in [0.2, 0.25) is 0 Å². The van der Waals surface area contributed by atoms with Crippen molar-refractivity contribution in [3.05, 3.63) is 45.2 Å². The van der Waals surface area contributed by atoms with Gasteiger partial charge in [-0.2, -0.15) is 0 Å². The molecule has 0 aliphatic rings. The summed E-state index contributed by atoms with van der Waals surface area (Å²) in [6.07, 6.45) is 0.781. The largest absolute Gasteiger partial charge is 0.358 e. The van der Waals surface area contributed by atoms with Crippen molar-refractivity contribution in [3.8, 4) is 0 Å². The number of nitrogens with one attached hydrogen (secondary N) is 1. The minimum atomic E-state index is 0.182. The smallest absolute Gasteiger partial charge is 0.192 e. The summed E-state index contributed by atoms with van der Waals surface area (Å²) in [5.74, 6) is 0.449. The van der Waals surface area contributed by atoms with Crippen LogP contribution < -0.4 is 5.43 Å². The van der Waals surface area contributed by atoms with E-state index in [-0.39, 0.29) is 5.43 Å². The Balaban J connectivity index is 2.81. The number of aromatic nitrogens is 1. The molecule has 1 N–H and O–H groups in total. The number of fused-ring (bicyclic) bond motifs is 1. The van der Waals surface area contributed by atoms with E-state index in [1.54, 1.807) is 0 Å². The topological polar surface area (TPSA) is 32.9 Å². The number of aromatic amines is 1. The van der Waals surface area contributed by atoms with Crippen LogP contribution in [0.1, 0.15) is 43.5 Å². The molecule has 0 atom stereocenters. The van der Waals surface area contributed by atoms with E-state index in [4.69, 9.17) is 0 Å². The van der Waals surface area contributed by atoms with Crippen LogP contribution in [0.2, 0.25) is 0 Å². The van der Waals surface area contributed by atoms with E-state index in [2.05, 4.69) is 24.9 Å². The quantitative estimate of drug-likeness (QED) is 0.839. The van der Waals surface area contributed by atoms with Crippen LogP contribution in [0, 0.1) is 6.92 Å². The zero-order valence-electron chi connectivity index (χ0n) is 10.9. The summed E-state index contributed by atoms with van der Waals surface area (Å²) >= 11 is 0. The predicted octanol–water partition coefficient (Wildman–Crippen LogP) is 3.52. The highest BCUT2D eigenvalue weighted by atomic mass is 16.1. The van der Waals surface area contributed by atoms with Crippen LogP contribution in [-0.4, -0.2) is 4.98 Å². The van der Waals surface area contributed by atoms with Gasteiger partial charge >= 0.3 is 0 Å². The zero-order valence-corrected chi connectivity index (χ0v) is 10.9. The molecule has 0 aliphatic heterocycles. The van der Waals surface area contributed by atoms with Crippen LogP contribution in [0.25, 0.3) is 10.9 Å². The maximum Gasteiger partial charge on any atom is 0.192 e. The molecule has 0 bridgehead atoms. The van der Waals surface area contributed by atoms with Crippen molar-refractivity contribution in [2.24, 2.45) is 0 Å². The normalized spacial score (nSPS) is 11.4. The lowest BCUT2D eigenvalue weighted by molar-refractivity contribution is 0.868. The van der Waals surface area contributed by atoms with E-state index in [9.17, 15) is 4.79 Å². The first-order chi connectivity index (χ1) is 8.04. The van der Waals surface area contributed by atoms with Gasteiger partial charge in [-0.25, -0.2) is 0 Å². The SMILES string of the molecule is CCc1c(C)[nH]c2ccc(C(C)C)cc2c1=O. The highest BCUT2D eigenvalue weighted by molar-refractivity contribution is 5.80. The van der Waals surface area contributed by atoms with Crippen molar-refractivity contribution >= 4 is 10.9 Å². The summed E-state index contributed by atoms with van der Waals surface area (Å²) in [6, 6.07) is 6.13. The monoisotopic (exact) mass is 229 g/mol. The Kier molecular flexibility index (Phi) is 3.05. The lowest BCUT2D eigenvalue weighted by Gasteiger charge is -2.09. The predicted molar refractivity (Wildman–Crippen MR) is 72.8 cm³/mol. The van der Waals surface area contributed by atoms with E-state index in [1.807, 2.05) is 26.0 Å².